The van der Waals surface area contributed by atoms with Crippen LogP contribution in [0.1, 0.15) is 43.9 Å². The average Bonchev–Trinajstić information content (AvgIpc) is 2.49. The van der Waals surface area contributed by atoms with E-state index >= 15 is 0 Å². The predicted octanol–water partition coefficient (Wildman–Crippen LogP) is 2.01. The van der Waals surface area contributed by atoms with Crippen molar-refractivity contribution in [3.8, 4) is 0 Å². The van der Waals surface area contributed by atoms with Crippen LogP contribution in [0.3, 0.4) is 0 Å². The van der Waals surface area contributed by atoms with E-state index in [1.165, 1.54) is 38.6 Å². The van der Waals surface area contributed by atoms with Gasteiger partial charge < -0.3 is 10.5 Å². The lowest BCUT2D eigenvalue weighted by Gasteiger charge is -2.35. The summed E-state index contributed by atoms with van der Waals surface area (Å²) >= 11 is 0. The average molecular weight is 276 g/mol. The number of hydrogen-bond acceptors (Lipinski definition) is 5. The molecule has 1 aromatic heterocycles. The highest BCUT2D eigenvalue weighted by Gasteiger charge is 2.27. The zero-order valence-electron chi connectivity index (χ0n) is 12.0. The first-order chi connectivity index (χ1) is 9.83. The number of nitrogens with two attached hydrogens (primary N) is 1. The van der Waals surface area contributed by atoms with E-state index in [1.54, 1.807) is 12.4 Å². The van der Waals surface area contributed by atoms with Crippen molar-refractivity contribution in [2.45, 2.75) is 38.2 Å². The maximum absolute atomic E-state index is 5.91. The molecule has 5 nitrogen and oxygen atoms in total. The molecule has 0 amide bonds. The molecule has 0 aromatic carbocycles. The minimum atomic E-state index is -0.0268. The monoisotopic (exact) mass is 276 g/mol. The summed E-state index contributed by atoms with van der Waals surface area (Å²) in [4.78, 5) is 11.0. The molecule has 2 heterocycles. The second-order valence-electron chi connectivity index (χ2n) is 5.95. The van der Waals surface area contributed by atoms with Gasteiger partial charge in [-0.1, -0.05) is 19.3 Å². The van der Waals surface area contributed by atoms with Gasteiger partial charge in [-0.05, 0) is 18.8 Å². The van der Waals surface area contributed by atoms with E-state index in [0.717, 1.165) is 31.3 Å². The molecule has 1 aliphatic carbocycles. The molecule has 1 saturated carbocycles. The fraction of sp³-hybridized carbons (Fsp3) is 0.733. The Morgan fingerprint density at radius 2 is 2.00 bits per heavy atom. The molecule has 0 radical (unpaired) electrons. The third kappa shape index (κ3) is 3.27. The van der Waals surface area contributed by atoms with Crippen LogP contribution < -0.4 is 5.73 Å². The van der Waals surface area contributed by atoms with Gasteiger partial charge in [0.25, 0.3) is 0 Å². The third-order valence-electron chi connectivity index (χ3n) is 4.45. The summed E-state index contributed by atoms with van der Waals surface area (Å²) in [5.74, 6) is 1.36. The van der Waals surface area contributed by atoms with Crippen LogP contribution in [0, 0.1) is 5.92 Å². The fourth-order valence-electron chi connectivity index (χ4n) is 3.38. The van der Waals surface area contributed by atoms with Crippen molar-refractivity contribution in [2.75, 3.05) is 32.0 Å². The van der Waals surface area contributed by atoms with E-state index in [2.05, 4.69) is 14.9 Å². The first-order valence-corrected chi connectivity index (χ1v) is 7.73. The lowest BCUT2D eigenvalue weighted by atomic mass is 9.89. The van der Waals surface area contributed by atoms with Gasteiger partial charge in [0.05, 0.1) is 6.61 Å². The van der Waals surface area contributed by atoms with Crippen molar-refractivity contribution >= 4 is 5.82 Å². The van der Waals surface area contributed by atoms with Crippen molar-refractivity contribution in [1.29, 1.82) is 0 Å². The van der Waals surface area contributed by atoms with Crippen molar-refractivity contribution < 1.29 is 4.74 Å². The Morgan fingerprint density at radius 1 is 1.20 bits per heavy atom. The molecule has 2 N–H and O–H groups in total. The number of morpholine rings is 1. The lowest BCUT2D eigenvalue weighted by molar-refractivity contribution is -0.0377. The number of nitrogens with zero attached hydrogens (tertiary/aromatic N) is 3. The van der Waals surface area contributed by atoms with E-state index in [1.807, 2.05) is 0 Å². The lowest BCUT2D eigenvalue weighted by Crippen LogP contribution is -2.41. The second kappa shape index (κ2) is 6.50. The van der Waals surface area contributed by atoms with Crippen molar-refractivity contribution in [1.82, 2.24) is 14.9 Å². The van der Waals surface area contributed by atoms with Gasteiger partial charge in [0.2, 0.25) is 0 Å². The summed E-state index contributed by atoms with van der Waals surface area (Å²) in [7, 11) is 0. The topological polar surface area (TPSA) is 64.3 Å². The Balaban J connectivity index is 1.60. The molecule has 1 atom stereocenters. The smallest absolute Gasteiger partial charge is 0.147 e. The highest BCUT2D eigenvalue weighted by molar-refractivity contribution is 5.35. The van der Waals surface area contributed by atoms with Gasteiger partial charge in [0, 0.05) is 32.0 Å². The minimum Gasteiger partial charge on any atom is -0.382 e. The van der Waals surface area contributed by atoms with Gasteiger partial charge in [-0.3, -0.25) is 9.88 Å². The molecule has 110 valence electrons. The van der Waals surface area contributed by atoms with Gasteiger partial charge >= 0.3 is 0 Å². The molecule has 20 heavy (non-hydrogen) atoms. The maximum atomic E-state index is 5.91. The standard InChI is InChI=1S/C15H24N4O/c16-15-14(17-6-7-18-15)13-11-19(8-9-20-13)10-12-4-2-1-3-5-12/h6-7,12-13H,1-5,8-11H2,(H2,16,18)/t13-/m1/s1. The zero-order valence-corrected chi connectivity index (χ0v) is 12.0. The minimum absolute atomic E-state index is 0.0268. The van der Waals surface area contributed by atoms with Gasteiger partial charge in [-0.2, -0.15) is 0 Å². The van der Waals surface area contributed by atoms with Crippen LogP contribution in [0.2, 0.25) is 0 Å². The molecule has 0 bridgehead atoms. The van der Waals surface area contributed by atoms with Crippen LogP contribution in [-0.4, -0.2) is 41.1 Å². The van der Waals surface area contributed by atoms with E-state index in [4.69, 9.17) is 10.5 Å². The molecule has 5 heteroatoms. The Bertz CT molecular complexity index is 434. The Labute approximate surface area is 120 Å². The third-order valence-corrected chi connectivity index (χ3v) is 4.45. The van der Waals surface area contributed by atoms with Crippen molar-refractivity contribution in [3.05, 3.63) is 18.1 Å². The van der Waals surface area contributed by atoms with Gasteiger partial charge in [-0.25, -0.2) is 4.98 Å². The highest BCUT2D eigenvalue weighted by atomic mass is 16.5. The molecule has 0 spiro atoms. The van der Waals surface area contributed by atoms with Gasteiger partial charge in [0.15, 0.2) is 0 Å². The van der Waals surface area contributed by atoms with Crippen molar-refractivity contribution in [2.24, 2.45) is 5.92 Å². The molecule has 3 rings (SSSR count). The van der Waals surface area contributed by atoms with Gasteiger partial charge in [-0.15, -0.1) is 0 Å². The Morgan fingerprint density at radius 3 is 2.80 bits per heavy atom. The zero-order chi connectivity index (χ0) is 13.8. The highest BCUT2D eigenvalue weighted by Crippen LogP contribution is 2.28. The van der Waals surface area contributed by atoms with Crippen LogP contribution in [0.25, 0.3) is 0 Å². The predicted molar refractivity (Wildman–Crippen MR) is 78.2 cm³/mol. The van der Waals surface area contributed by atoms with Gasteiger partial charge in [0.1, 0.15) is 17.6 Å². The molecule has 0 unspecified atom stereocenters. The largest absolute Gasteiger partial charge is 0.382 e. The molecule has 2 fully saturated rings. The van der Waals surface area contributed by atoms with E-state index in [-0.39, 0.29) is 6.10 Å². The summed E-state index contributed by atoms with van der Waals surface area (Å²) in [5.41, 5.74) is 6.70. The maximum Gasteiger partial charge on any atom is 0.147 e. The van der Waals surface area contributed by atoms with E-state index < -0.39 is 0 Å². The number of rotatable bonds is 3. The van der Waals surface area contributed by atoms with E-state index in [0.29, 0.717) is 5.82 Å². The Kier molecular flexibility index (Phi) is 4.47. The van der Waals surface area contributed by atoms with Crippen LogP contribution in [0.5, 0.6) is 0 Å². The fourth-order valence-corrected chi connectivity index (χ4v) is 3.38. The summed E-state index contributed by atoms with van der Waals surface area (Å²) in [6.07, 6.45) is 10.3. The van der Waals surface area contributed by atoms with E-state index in [9.17, 15) is 0 Å². The first kappa shape index (κ1) is 13.8. The van der Waals surface area contributed by atoms with Crippen LogP contribution in [-0.2, 0) is 4.74 Å². The molecular formula is C15H24N4O. The quantitative estimate of drug-likeness (QED) is 0.915. The molecule has 1 aromatic rings. The SMILES string of the molecule is Nc1nccnc1[C@H]1CN(CC2CCCCC2)CCO1. The molecule has 2 aliphatic rings. The molecule has 1 saturated heterocycles. The van der Waals surface area contributed by atoms with Crippen LogP contribution in [0.15, 0.2) is 12.4 Å². The summed E-state index contributed by atoms with van der Waals surface area (Å²) in [6, 6.07) is 0. The summed E-state index contributed by atoms with van der Waals surface area (Å²) in [6.45, 7) is 3.86. The number of nitrogen functional groups attached to an aromatic ring is 1. The molecular weight excluding hydrogens is 252 g/mol. The second-order valence-corrected chi connectivity index (χ2v) is 5.95. The first-order valence-electron chi connectivity index (χ1n) is 7.73. The number of aromatic nitrogens is 2. The van der Waals surface area contributed by atoms with Crippen LogP contribution in [0.4, 0.5) is 5.82 Å². The summed E-state index contributed by atoms with van der Waals surface area (Å²) < 4.78 is 5.84. The Hall–Kier alpha value is -1.20. The number of ether oxygens (including phenoxy) is 1. The summed E-state index contributed by atoms with van der Waals surface area (Å²) in [5, 5.41) is 0. The number of hydrogen-bond donors (Lipinski definition) is 1. The number of anilines is 1. The normalized spacial score (nSPS) is 25.7. The molecule has 1 aliphatic heterocycles. The van der Waals surface area contributed by atoms with Crippen LogP contribution >= 0.6 is 0 Å². The van der Waals surface area contributed by atoms with Crippen molar-refractivity contribution in [3.63, 3.8) is 0 Å².